The Morgan fingerprint density at radius 2 is 1.82 bits per heavy atom. The SMILES string of the molecule is C/[SH](=O)=N/[C@](C)(C(N)=O)C(C)(C)c1cc2nc(c1)OCCCOc1cc(F)ccc1-c1cc(ncc1F)N2. The minimum absolute atomic E-state index is 0.161. The number of halogens is 2. The van der Waals surface area contributed by atoms with Crippen molar-refractivity contribution in [1.29, 1.82) is 0 Å². The Morgan fingerprint density at radius 3 is 2.53 bits per heavy atom. The number of carbonyl (C=O) groups is 1. The average Bonchev–Trinajstić information content (AvgIpc) is 2.84. The van der Waals surface area contributed by atoms with E-state index in [0.29, 0.717) is 23.4 Å². The van der Waals surface area contributed by atoms with Crippen molar-refractivity contribution in [2.24, 2.45) is 10.1 Å². The lowest BCUT2D eigenvalue weighted by molar-refractivity contribution is -0.124. The molecule has 0 saturated carbocycles. The van der Waals surface area contributed by atoms with Crippen LogP contribution in [0, 0.1) is 11.6 Å². The maximum absolute atomic E-state index is 14.9. The summed E-state index contributed by atoms with van der Waals surface area (Å²) in [6, 6.07) is 8.68. The zero-order valence-electron chi connectivity index (χ0n) is 21.4. The normalized spacial score (nSPS) is 16.1. The van der Waals surface area contributed by atoms with Crippen LogP contribution in [0.4, 0.5) is 20.4 Å². The van der Waals surface area contributed by atoms with Crippen molar-refractivity contribution in [2.75, 3.05) is 24.8 Å². The van der Waals surface area contributed by atoms with Gasteiger partial charge in [-0.15, -0.1) is 0 Å². The average molecular weight is 546 g/mol. The largest absolute Gasteiger partial charge is 0.493 e. The van der Waals surface area contributed by atoms with Crippen LogP contribution in [0.5, 0.6) is 11.6 Å². The van der Waals surface area contributed by atoms with Crippen LogP contribution in [0.15, 0.2) is 47.0 Å². The number of nitrogens with one attached hydrogen (secondary N) is 1. The number of benzene rings is 1. The maximum Gasteiger partial charge on any atom is 0.246 e. The molecule has 4 bridgehead atoms. The standard InChI is InChI=1S/C26H29F2N5O4S/c1-25(2,26(3,24(29)34)33-38(4)35)15-10-22-31-21-13-18(19(28)14-30-21)17-7-6-16(27)12-20(17)36-8-5-9-37-23(11-15)32-22/h6-7,10-14,38H,5,8-9H2,1-4H3,(H2,29,34)(H,30,31,32)/t26-/m1/s1. The molecule has 1 aliphatic heterocycles. The summed E-state index contributed by atoms with van der Waals surface area (Å²) in [5.74, 6) is -0.874. The fourth-order valence-electron chi connectivity index (χ4n) is 4.15. The molecule has 0 saturated heterocycles. The minimum Gasteiger partial charge on any atom is -0.493 e. The van der Waals surface area contributed by atoms with Crippen LogP contribution >= 0.6 is 0 Å². The van der Waals surface area contributed by atoms with Gasteiger partial charge in [-0.25, -0.2) is 18.1 Å². The van der Waals surface area contributed by atoms with E-state index in [9.17, 15) is 17.8 Å². The number of pyridine rings is 2. The van der Waals surface area contributed by atoms with Crippen molar-refractivity contribution < 1.29 is 27.3 Å². The lowest BCUT2D eigenvalue weighted by atomic mass is 9.69. The van der Waals surface area contributed by atoms with Gasteiger partial charge in [0.1, 0.15) is 29.0 Å². The molecule has 38 heavy (non-hydrogen) atoms. The van der Waals surface area contributed by atoms with Crippen molar-refractivity contribution in [3.63, 3.8) is 0 Å². The molecule has 1 unspecified atom stereocenters. The highest BCUT2D eigenvalue weighted by molar-refractivity contribution is 7.74. The molecule has 1 amide bonds. The summed E-state index contributed by atoms with van der Waals surface area (Å²) in [5.41, 5.74) is 4.30. The first-order chi connectivity index (χ1) is 17.9. The third kappa shape index (κ3) is 5.40. The molecular weight excluding hydrogens is 516 g/mol. The van der Waals surface area contributed by atoms with Crippen LogP contribution in [-0.2, 0) is 20.8 Å². The Kier molecular flexibility index (Phi) is 7.54. The molecule has 9 nitrogen and oxygen atoms in total. The first-order valence-electron chi connectivity index (χ1n) is 11.8. The quantitative estimate of drug-likeness (QED) is 0.420. The summed E-state index contributed by atoms with van der Waals surface area (Å²) in [5, 5.41) is 3.05. The Balaban J connectivity index is 1.85. The summed E-state index contributed by atoms with van der Waals surface area (Å²) in [6.45, 7) is 5.45. The van der Waals surface area contributed by atoms with Crippen LogP contribution in [0.3, 0.4) is 0 Å². The zero-order chi connectivity index (χ0) is 27.7. The zero-order valence-corrected chi connectivity index (χ0v) is 22.3. The predicted molar refractivity (Wildman–Crippen MR) is 141 cm³/mol. The molecule has 2 aromatic heterocycles. The summed E-state index contributed by atoms with van der Waals surface area (Å²) in [7, 11) is -2.04. The van der Waals surface area contributed by atoms with Gasteiger partial charge in [0.2, 0.25) is 11.8 Å². The number of rotatable bonds is 4. The molecule has 1 aliphatic rings. The van der Waals surface area contributed by atoms with Gasteiger partial charge in [-0.3, -0.25) is 9.00 Å². The van der Waals surface area contributed by atoms with Crippen molar-refractivity contribution in [2.45, 2.75) is 38.1 Å². The summed E-state index contributed by atoms with van der Waals surface area (Å²) in [4.78, 5) is 21.1. The number of anilines is 2. The molecule has 3 aromatic rings. The first kappa shape index (κ1) is 27.2. The number of ether oxygens (including phenoxy) is 2. The lowest BCUT2D eigenvalue weighted by Gasteiger charge is -2.39. The number of nitrogens with two attached hydrogens (primary N) is 1. The Bertz CT molecular complexity index is 1480. The fraction of sp³-hybridized carbons (Fsp3) is 0.346. The molecule has 12 heteroatoms. The van der Waals surface area contributed by atoms with Crippen molar-refractivity contribution in [1.82, 2.24) is 9.97 Å². The van der Waals surface area contributed by atoms with Gasteiger partial charge < -0.3 is 20.5 Å². The Hall–Kier alpha value is -3.80. The number of fused-ring (bicyclic) bond motifs is 6. The third-order valence-corrected chi connectivity index (χ3v) is 7.38. The molecule has 2 atom stereocenters. The number of aromatic nitrogens is 2. The van der Waals surface area contributed by atoms with Gasteiger partial charge in [-0.05, 0) is 36.8 Å². The van der Waals surface area contributed by atoms with Crippen LogP contribution in [0.1, 0.15) is 32.8 Å². The number of carbonyl (C=O) groups excluding carboxylic acids is 1. The molecule has 202 valence electrons. The highest BCUT2D eigenvalue weighted by Crippen LogP contribution is 2.40. The number of nitrogens with zero attached hydrogens (tertiary/aromatic N) is 3. The number of primary amides is 1. The van der Waals surface area contributed by atoms with Gasteiger partial charge in [0.25, 0.3) is 0 Å². The second-order valence-corrected chi connectivity index (χ2v) is 10.7. The van der Waals surface area contributed by atoms with Crippen LogP contribution in [-0.4, -0.2) is 45.1 Å². The van der Waals surface area contributed by atoms with Crippen molar-refractivity contribution in [3.8, 4) is 22.8 Å². The van der Waals surface area contributed by atoms with E-state index in [0.717, 1.165) is 6.20 Å². The molecule has 0 fully saturated rings. The van der Waals surface area contributed by atoms with Gasteiger partial charge in [-0.1, -0.05) is 13.8 Å². The topological polar surface area (TPSA) is 129 Å². The highest BCUT2D eigenvalue weighted by Gasteiger charge is 2.48. The number of thiol groups is 1. The minimum atomic E-state index is -2.04. The van der Waals surface area contributed by atoms with Gasteiger partial charge >= 0.3 is 0 Å². The molecule has 3 heterocycles. The predicted octanol–water partition coefficient (Wildman–Crippen LogP) is 4.14. The third-order valence-electron chi connectivity index (χ3n) is 6.70. The van der Waals surface area contributed by atoms with Crippen LogP contribution in [0.2, 0.25) is 0 Å². The monoisotopic (exact) mass is 545 g/mol. The van der Waals surface area contributed by atoms with Gasteiger partial charge in [0.15, 0.2) is 5.54 Å². The van der Waals surface area contributed by atoms with E-state index >= 15 is 0 Å². The molecular formula is C26H29F2N5O4S. The molecule has 0 aliphatic carbocycles. The molecule has 4 rings (SSSR count). The van der Waals surface area contributed by atoms with Gasteiger partial charge in [0.05, 0.1) is 19.4 Å². The van der Waals surface area contributed by atoms with Crippen molar-refractivity contribution in [3.05, 3.63) is 59.8 Å². The Labute approximate surface area is 221 Å². The molecule has 0 radical (unpaired) electrons. The van der Waals surface area contributed by atoms with Gasteiger partial charge in [-0.2, -0.15) is 4.98 Å². The van der Waals surface area contributed by atoms with E-state index in [-0.39, 0.29) is 36.2 Å². The van der Waals surface area contributed by atoms with E-state index < -0.39 is 39.1 Å². The van der Waals surface area contributed by atoms with E-state index in [2.05, 4.69) is 19.6 Å². The molecule has 0 spiro atoms. The number of hydrogen-bond donors (Lipinski definition) is 3. The van der Waals surface area contributed by atoms with Crippen molar-refractivity contribution >= 4 is 28.1 Å². The lowest BCUT2D eigenvalue weighted by Crippen LogP contribution is -2.53. The Morgan fingerprint density at radius 1 is 1.08 bits per heavy atom. The maximum atomic E-state index is 14.9. The van der Waals surface area contributed by atoms with Gasteiger partial charge in [0, 0.05) is 51.9 Å². The highest BCUT2D eigenvalue weighted by atomic mass is 32.2. The van der Waals surface area contributed by atoms with Crippen LogP contribution < -0.4 is 20.5 Å². The number of amides is 1. The summed E-state index contributed by atoms with van der Waals surface area (Å²) >= 11 is 0. The van der Waals surface area contributed by atoms with E-state index in [1.807, 2.05) is 0 Å². The smallest absolute Gasteiger partial charge is 0.246 e. The fourth-order valence-corrected chi connectivity index (χ4v) is 5.06. The second-order valence-electron chi connectivity index (χ2n) is 9.57. The van der Waals surface area contributed by atoms with E-state index in [4.69, 9.17) is 15.2 Å². The second kappa shape index (κ2) is 10.5. The summed E-state index contributed by atoms with van der Waals surface area (Å²) in [6.07, 6.45) is 2.86. The van der Waals surface area contributed by atoms with E-state index in [1.165, 1.54) is 37.4 Å². The first-order valence-corrected chi connectivity index (χ1v) is 13.5. The molecule has 1 aromatic carbocycles. The molecule has 3 N–H and O–H groups in total. The van der Waals surface area contributed by atoms with E-state index in [1.54, 1.807) is 26.0 Å². The number of hydrogen-bond acceptors (Lipinski definition) is 8. The van der Waals surface area contributed by atoms with Crippen LogP contribution in [0.25, 0.3) is 11.1 Å². The summed E-state index contributed by atoms with van der Waals surface area (Å²) < 4.78 is 56.7.